The van der Waals surface area contributed by atoms with E-state index < -0.39 is 0 Å². The van der Waals surface area contributed by atoms with Gasteiger partial charge in [0.25, 0.3) is 0 Å². The van der Waals surface area contributed by atoms with Gasteiger partial charge in [0.1, 0.15) is 0 Å². The molecule has 2 aromatic carbocycles. The number of benzene rings is 2. The summed E-state index contributed by atoms with van der Waals surface area (Å²) in [4.78, 5) is 4.80. The van der Waals surface area contributed by atoms with Crippen molar-refractivity contribution >= 4 is 33.5 Å². The van der Waals surface area contributed by atoms with E-state index in [-0.39, 0.29) is 0 Å². The van der Waals surface area contributed by atoms with Crippen molar-refractivity contribution in [2.75, 3.05) is 0 Å². The van der Waals surface area contributed by atoms with Crippen LogP contribution in [-0.4, -0.2) is 9.38 Å². The highest BCUT2D eigenvalue weighted by molar-refractivity contribution is 6.02. The van der Waals surface area contributed by atoms with Crippen LogP contribution < -0.4 is 0 Å². The van der Waals surface area contributed by atoms with Gasteiger partial charge in [-0.3, -0.25) is 0 Å². The zero-order valence-electron chi connectivity index (χ0n) is 10.7. The summed E-state index contributed by atoms with van der Waals surface area (Å²) in [6.07, 6.45) is 6.36. The minimum Gasteiger partial charge on any atom is -0.305 e. The summed E-state index contributed by atoms with van der Waals surface area (Å²) in [5.74, 6) is 0. The molecule has 2 heterocycles. The third-order valence-electron chi connectivity index (χ3n) is 4.04. The first-order chi connectivity index (χ1) is 9.93. The molecule has 0 saturated heterocycles. The van der Waals surface area contributed by atoms with Crippen molar-refractivity contribution in [1.29, 1.82) is 0 Å². The number of nitrogens with zero attached hydrogens (tertiary/aromatic N) is 2. The molecule has 1 radical (unpaired) electrons. The van der Waals surface area contributed by atoms with Crippen LogP contribution >= 0.6 is 0 Å². The van der Waals surface area contributed by atoms with E-state index in [1.54, 1.807) is 0 Å². The molecule has 5 rings (SSSR count). The molecule has 0 spiro atoms. The predicted molar refractivity (Wildman–Crippen MR) is 82.6 cm³/mol. The fourth-order valence-corrected chi connectivity index (χ4v) is 3.22. The maximum Gasteiger partial charge on any atom is 0.0878 e. The summed E-state index contributed by atoms with van der Waals surface area (Å²) >= 11 is 0. The molecular weight excluding hydrogens is 244 g/mol. The van der Waals surface area contributed by atoms with Crippen molar-refractivity contribution in [3.63, 3.8) is 0 Å². The van der Waals surface area contributed by atoms with Crippen LogP contribution in [0.1, 0.15) is 11.3 Å². The largest absolute Gasteiger partial charge is 0.305 e. The molecule has 20 heavy (non-hydrogen) atoms. The molecule has 0 saturated carbocycles. The lowest BCUT2D eigenvalue weighted by atomic mass is 10.0. The zero-order chi connectivity index (χ0) is 13.1. The monoisotopic (exact) mass is 255 g/mol. The van der Waals surface area contributed by atoms with E-state index in [0.717, 1.165) is 16.7 Å². The summed E-state index contributed by atoms with van der Waals surface area (Å²) in [7, 11) is 0. The van der Waals surface area contributed by atoms with E-state index >= 15 is 0 Å². The highest BCUT2D eigenvalue weighted by atomic mass is 15.0. The summed E-state index contributed by atoms with van der Waals surface area (Å²) < 4.78 is 2.34. The summed E-state index contributed by atoms with van der Waals surface area (Å²) in [5, 5.41) is 1.29. The number of aromatic nitrogens is 2. The Bertz CT molecular complexity index is 1020. The molecule has 93 valence electrons. The third-order valence-corrected chi connectivity index (χ3v) is 4.04. The van der Waals surface area contributed by atoms with Gasteiger partial charge in [-0.25, -0.2) is 4.98 Å². The highest BCUT2D eigenvalue weighted by Crippen LogP contribution is 2.35. The summed E-state index contributed by atoms with van der Waals surface area (Å²) in [6, 6.07) is 16.9. The lowest BCUT2D eigenvalue weighted by Gasteiger charge is -2.10. The van der Waals surface area contributed by atoms with Crippen LogP contribution in [0.4, 0.5) is 0 Å². The molecule has 0 bridgehead atoms. The van der Waals surface area contributed by atoms with Crippen LogP contribution in [0.5, 0.6) is 0 Å². The van der Waals surface area contributed by atoms with E-state index in [0.29, 0.717) is 0 Å². The second-order valence-corrected chi connectivity index (χ2v) is 5.13. The molecule has 0 aliphatic heterocycles. The van der Waals surface area contributed by atoms with Gasteiger partial charge in [-0.2, -0.15) is 0 Å². The number of hydrogen-bond donors (Lipinski definition) is 0. The Hall–Kier alpha value is -2.61. The summed E-state index contributed by atoms with van der Waals surface area (Å²) in [6.45, 7) is 0. The molecule has 2 aromatic heterocycles. The smallest absolute Gasteiger partial charge is 0.0878 e. The van der Waals surface area contributed by atoms with Gasteiger partial charge in [-0.1, -0.05) is 36.4 Å². The normalized spacial score (nSPS) is 13.6. The molecule has 1 aliphatic rings. The van der Waals surface area contributed by atoms with Crippen LogP contribution in [0.15, 0.2) is 54.6 Å². The Morgan fingerprint density at radius 3 is 2.60 bits per heavy atom. The first-order valence-corrected chi connectivity index (χ1v) is 6.77. The number of fused-ring (bicyclic) bond motifs is 5. The van der Waals surface area contributed by atoms with Crippen molar-refractivity contribution in [3.05, 3.63) is 72.3 Å². The summed E-state index contributed by atoms with van der Waals surface area (Å²) in [5.41, 5.74) is 6.99. The molecular formula is C18H11N2. The Kier molecular flexibility index (Phi) is 1.78. The second kappa shape index (κ2) is 3.48. The highest BCUT2D eigenvalue weighted by Gasteiger charge is 2.18. The van der Waals surface area contributed by atoms with Gasteiger partial charge in [0, 0.05) is 11.8 Å². The number of rotatable bonds is 0. The Morgan fingerprint density at radius 2 is 1.65 bits per heavy atom. The van der Waals surface area contributed by atoms with Crippen LogP contribution in [0.3, 0.4) is 0 Å². The van der Waals surface area contributed by atoms with Gasteiger partial charge >= 0.3 is 0 Å². The van der Waals surface area contributed by atoms with E-state index in [1.807, 2.05) is 6.07 Å². The molecule has 1 aliphatic carbocycles. The first-order valence-electron chi connectivity index (χ1n) is 6.77. The molecule has 0 amide bonds. The van der Waals surface area contributed by atoms with Gasteiger partial charge in [0.05, 0.1) is 27.8 Å². The second-order valence-electron chi connectivity index (χ2n) is 5.13. The standard InChI is InChI=1S/C18H11N2/c1-3-10-16-12(6-1)13-7-5-9-15-18(13)20(16)17-11-4-2-8-14(17)19-15/h1-11H. The van der Waals surface area contributed by atoms with Crippen LogP contribution in [-0.2, 0) is 0 Å². The predicted octanol–water partition coefficient (Wildman–Crippen LogP) is 4.22. The fourth-order valence-electron chi connectivity index (χ4n) is 3.22. The lowest BCUT2D eigenvalue weighted by Crippen LogP contribution is -1.97. The molecule has 2 heteroatoms. The number of hydrogen-bond acceptors (Lipinski definition) is 1. The zero-order valence-corrected chi connectivity index (χ0v) is 10.7. The lowest BCUT2D eigenvalue weighted by molar-refractivity contribution is 1.24. The molecule has 4 aromatic rings. The Balaban J connectivity index is 2.21. The van der Waals surface area contributed by atoms with E-state index in [9.17, 15) is 0 Å². The van der Waals surface area contributed by atoms with E-state index in [4.69, 9.17) is 4.98 Å². The SMILES string of the molecule is [CH]1C=Cc2nc3ccccc3n3c2c1c1ccccc13. The average Bonchev–Trinajstić information content (AvgIpc) is 2.85. The molecule has 0 unspecified atom stereocenters. The van der Waals surface area contributed by atoms with Gasteiger partial charge in [-0.05, 0) is 29.8 Å². The van der Waals surface area contributed by atoms with Gasteiger partial charge in [-0.15, -0.1) is 0 Å². The Labute approximate surface area is 116 Å². The maximum atomic E-state index is 4.80. The molecule has 0 N–H and O–H groups in total. The first kappa shape index (κ1) is 10.2. The molecule has 0 atom stereocenters. The maximum absolute atomic E-state index is 4.80. The van der Waals surface area contributed by atoms with Gasteiger partial charge in [0.15, 0.2) is 0 Å². The van der Waals surface area contributed by atoms with Crippen LogP contribution in [0, 0.1) is 6.42 Å². The van der Waals surface area contributed by atoms with Crippen molar-refractivity contribution in [2.45, 2.75) is 0 Å². The van der Waals surface area contributed by atoms with Crippen molar-refractivity contribution in [1.82, 2.24) is 9.38 Å². The topological polar surface area (TPSA) is 17.3 Å². The van der Waals surface area contributed by atoms with Crippen molar-refractivity contribution < 1.29 is 0 Å². The van der Waals surface area contributed by atoms with Gasteiger partial charge < -0.3 is 4.40 Å². The van der Waals surface area contributed by atoms with Crippen molar-refractivity contribution in [2.24, 2.45) is 0 Å². The average molecular weight is 255 g/mol. The minimum atomic E-state index is 1.04. The Morgan fingerprint density at radius 1 is 0.850 bits per heavy atom. The van der Waals surface area contributed by atoms with E-state index in [1.165, 1.54) is 22.0 Å². The van der Waals surface area contributed by atoms with Crippen molar-refractivity contribution in [3.8, 4) is 0 Å². The molecule has 2 nitrogen and oxygen atoms in total. The minimum absolute atomic E-state index is 1.04. The fraction of sp³-hybridized carbons (Fsp3) is 0. The number of para-hydroxylation sites is 3. The molecule has 0 fully saturated rings. The van der Waals surface area contributed by atoms with Crippen LogP contribution in [0.25, 0.3) is 33.5 Å². The quantitative estimate of drug-likeness (QED) is 0.460. The third kappa shape index (κ3) is 1.12. The van der Waals surface area contributed by atoms with E-state index in [2.05, 4.69) is 65.4 Å². The van der Waals surface area contributed by atoms with Crippen LogP contribution in [0.2, 0.25) is 0 Å². The van der Waals surface area contributed by atoms with Gasteiger partial charge in [0.2, 0.25) is 0 Å². The number of allylic oxidation sites excluding steroid dienone is 1.